The van der Waals surface area contributed by atoms with Gasteiger partial charge in [-0.3, -0.25) is 0 Å². The predicted molar refractivity (Wildman–Crippen MR) is 56.5 cm³/mol. The number of ether oxygens (including phenoxy) is 1. The fourth-order valence-electron chi connectivity index (χ4n) is 1.62. The van der Waals surface area contributed by atoms with Crippen LogP contribution >= 0.6 is 0 Å². The van der Waals surface area contributed by atoms with Crippen molar-refractivity contribution in [2.75, 3.05) is 13.1 Å². The van der Waals surface area contributed by atoms with E-state index in [1.165, 1.54) is 0 Å². The smallest absolute Gasteiger partial charge is 0.332 e. The van der Waals surface area contributed by atoms with Gasteiger partial charge in [-0.15, -0.1) is 12.3 Å². The minimum Gasteiger partial charge on any atom is -0.479 e. The van der Waals surface area contributed by atoms with Crippen LogP contribution in [0, 0.1) is 12.3 Å². The summed E-state index contributed by atoms with van der Waals surface area (Å²) in [4.78, 5) is 10.6. The van der Waals surface area contributed by atoms with Crippen LogP contribution < -0.4 is 5.32 Å². The molecule has 4 heteroatoms. The molecule has 4 nitrogen and oxygen atoms in total. The lowest BCUT2D eigenvalue weighted by Gasteiger charge is -2.11. The van der Waals surface area contributed by atoms with Crippen molar-refractivity contribution in [1.82, 2.24) is 5.32 Å². The summed E-state index contributed by atoms with van der Waals surface area (Å²) >= 11 is 0. The Morgan fingerprint density at radius 2 is 2.40 bits per heavy atom. The molecule has 1 aliphatic rings. The summed E-state index contributed by atoms with van der Waals surface area (Å²) in [6, 6.07) is 0. The summed E-state index contributed by atoms with van der Waals surface area (Å²) in [5.74, 6) is 1.71. The summed E-state index contributed by atoms with van der Waals surface area (Å²) in [5.41, 5.74) is 0. The molecule has 2 atom stereocenters. The number of hydrogen-bond donors (Lipinski definition) is 2. The Morgan fingerprint density at radius 3 is 3.00 bits per heavy atom. The quantitative estimate of drug-likeness (QED) is 0.499. The molecule has 0 amide bonds. The maximum absolute atomic E-state index is 10.6. The maximum Gasteiger partial charge on any atom is 0.332 e. The minimum absolute atomic E-state index is 0.0388. The number of carboxylic acid groups (broad SMARTS) is 1. The molecule has 84 valence electrons. The SMILES string of the molecule is C#CCCCNCC1CCC(C(=O)O)O1. The molecule has 1 aliphatic heterocycles. The highest BCUT2D eigenvalue weighted by molar-refractivity contribution is 5.72. The highest BCUT2D eigenvalue weighted by Gasteiger charge is 2.29. The van der Waals surface area contributed by atoms with Crippen molar-refractivity contribution in [3.63, 3.8) is 0 Å². The minimum atomic E-state index is -0.857. The van der Waals surface area contributed by atoms with E-state index in [0.29, 0.717) is 13.0 Å². The van der Waals surface area contributed by atoms with Gasteiger partial charge in [0.2, 0.25) is 0 Å². The van der Waals surface area contributed by atoms with E-state index >= 15 is 0 Å². The zero-order valence-electron chi connectivity index (χ0n) is 8.74. The van der Waals surface area contributed by atoms with E-state index in [0.717, 1.165) is 25.8 Å². The van der Waals surface area contributed by atoms with Gasteiger partial charge in [0.05, 0.1) is 6.10 Å². The lowest BCUT2D eigenvalue weighted by atomic mass is 10.2. The number of carbonyl (C=O) groups is 1. The van der Waals surface area contributed by atoms with Crippen molar-refractivity contribution in [1.29, 1.82) is 0 Å². The van der Waals surface area contributed by atoms with Gasteiger partial charge in [-0.2, -0.15) is 0 Å². The standard InChI is InChI=1S/C11H17NO3/c1-2-3-4-7-12-8-9-5-6-10(15-9)11(13)14/h1,9-10,12H,3-8H2,(H,13,14). The molecule has 0 bridgehead atoms. The summed E-state index contributed by atoms with van der Waals surface area (Å²) in [6.07, 6.45) is 7.71. The van der Waals surface area contributed by atoms with Crippen molar-refractivity contribution in [3.8, 4) is 12.3 Å². The second-order valence-electron chi connectivity index (χ2n) is 3.67. The third-order valence-electron chi connectivity index (χ3n) is 2.43. The Kier molecular flexibility index (Phi) is 5.16. The van der Waals surface area contributed by atoms with E-state index in [1.807, 2.05) is 0 Å². The third kappa shape index (κ3) is 4.32. The molecule has 0 aromatic heterocycles. The molecule has 0 aromatic rings. The topological polar surface area (TPSA) is 58.6 Å². The van der Waals surface area contributed by atoms with Crippen LogP contribution in [0.1, 0.15) is 25.7 Å². The second kappa shape index (κ2) is 6.44. The summed E-state index contributed by atoms with van der Waals surface area (Å²) in [6.45, 7) is 1.58. The molecule has 1 heterocycles. The number of nitrogens with one attached hydrogen (secondary N) is 1. The highest BCUT2D eigenvalue weighted by atomic mass is 16.5. The predicted octanol–water partition coefficient (Wildman–Crippen LogP) is 0.622. The second-order valence-corrected chi connectivity index (χ2v) is 3.67. The van der Waals surface area contributed by atoms with Gasteiger partial charge in [-0.1, -0.05) is 0 Å². The van der Waals surface area contributed by atoms with Crippen molar-refractivity contribution in [2.45, 2.75) is 37.9 Å². The molecule has 0 aromatic carbocycles. The van der Waals surface area contributed by atoms with E-state index < -0.39 is 12.1 Å². The van der Waals surface area contributed by atoms with Crippen molar-refractivity contribution in [2.24, 2.45) is 0 Å². The first kappa shape index (κ1) is 12.0. The fraction of sp³-hybridized carbons (Fsp3) is 0.727. The monoisotopic (exact) mass is 211 g/mol. The van der Waals surface area contributed by atoms with Crippen LogP contribution in [0.15, 0.2) is 0 Å². The van der Waals surface area contributed by atoms with Gasteiger partial charge in [0, 0.05) is 13.0 Å². The zero-order valence-corrected chi connectivity index (χ0v) is 8.74. The largest absolute Gasteiger partial charge is 0.479 e. The number of unbranched alkanes of at least 4 members (excludes halogenated alkanes) is 1. The molecule has 0 aliphatic carbocycles. The van der Waals surface area contributed by atoms with Crippen LogP contribution in [-0.4, -0.2) is 36.4 Å². The Labute approximate surface area is 90.0 Å². The number of carboxylic acids is 1. The summed E-state index contributed by atoms with van der Waals surface area (Å²) in [5, 5.41) is 11.9. The molecule has 2 unspecified atom stereocenters. The molecular formula is C11H17NO3. The van der Waals surface area contributed by atoms with Gasteiger partial charge >= 0.3 is 5.97 Å². The molecular weight excluding hydrogens is 194 g/mol. The fourth-order valence-corrected chi connectivity index (χ4v) is 1.62. The first-order valence-corrected chi connectivity index (χ1v) is 5.26. The zero-order chi connectivity index (χ0) is 11.1. The number of aliphatic carboxylic acids is 1. The van der Waals surface area contributed by atoms with Crippen LogP contribution in [0.3, 0.4) is 0 Å². The molecule has 0 radical (unpaired) electrons. The molecule has 15 heavy (non-hydrogen) atoms. The normalized spacial score (nSPS) is 25.0. The van der Waals surface area contributed by atoms with Crippen LogP contribution in [0.25, 0.3) is 0 Å². The summed E-state index contributed by atoms with van der Waals surface area (Å²) < 4.78 is 5.33. The average molecular weight is 211 g/mol. The van der Waals surface area contributed by atoms with Gasteiger partial charge in [0.15, 0.2) is 6.10 Å². The number of hydrogen-bond acceptors (Lipinski definition) is 3. The van der Waals surface area contributed by atoms with Gasteiger partial charge < -0.3 is 15.2 Å². The molecule has 0 spiro atoms. The Hall–Kier alpha value is -1.05. The van der Waals surface area contributed by atoms with Crippen LogP contribution in [-0.2, 0) is 9.53 Å². The Morgan fingerprint density at radius 1 is 1.60 bits per heavy atom. The summed E-state index contributed by atoms with van der Waals surface area (Å²) in [7, 11) is 0. The van der Waals surface area contributed by atoms with Gasteiger partial charge in [-0.05, 0) is 25.8 Å². The van der Waals surface area contributed by atoms with Crippen molar-refractivity contribution >= 4 is 5.97 Å². The Balaban J connectivity index is 2.04. The highest BCUT2D eigenvalue weighted by Crippen LogP contribution is 2.19. The van der Waals surface area contributed by atoms with Crippen molar-refractivity contribution in [3.05, 3.63) is 0 Å². The first-order valence-electron chi connectivity index (χ1n) is 5.26. The van der Waals surface area contributed by atoms with Gasteiger partial charge in [0.25, 0.3) is 0 Å². The number of rotatable bonds is 6. The molecule has 1 fully saturated rings. The molecule has 1 rings (SSSR count). The molecule has 0 saturated carbocycles. The lowest BCUT2D eigenvalue weighted by molar-refractivity contribution is -0.149. The van der Waals surface area contributed by atoms with Crippen molar-refractivity contribution < 1.29 is 14.6 Å². The molecule has 2 N–H and O–H groups in total. The Bertz CT molecular complexity index is 247. The van der Waals surface area contributed by atoms with E-state index in [2.05, 4.69) is 11.2 Å². The van der Waals surface area contributed by atoms with E-state index in [4.69, 9.17) is 16.3 Å². The van der Waals surface area contributed by atoms with Crippen LogP contribution in [0.2, 0.25) is 0 Å². The van der Waals surface area contributed by atoms with E-state index in [-0.39, 0.29) is 6.10 Å². The first-order chi connectivity index (χ1) is 7.24. The maximum atomic E-state index is 10.6. The van der Waals surface area contributed by atoms with Crippen LogP contribution in [0.5, 0.6) is 0 Å². The van der Waals surface area contributed by atoms with E-state index in [9.17, 15) is 4.79 Å². The average Bonchev–Trinajstić information content (AvgIpc) is 2.66. The van der Waals surface area contributed by atoms with E-state index in [1.54, 1.807) is 0 Å². The number of terminal acetylenes is 1. The van der Waals surface area contributed by atoms with Crippen LogP contribution in [0.4, 0.5) is 0 Å². The van der Waals surface area contributed by atoms with Gasteiger partial charge in [-0.25, -0.2) is 4.79 Å². The lowest BCUT2D eigenvalue weighted by Crippen LogP contribution is -2.29. The molecule has 1 saturated heterocycles. The van der Waals surface area contributed by atoms with Gasteiger partial charge in [0.1, 0.15) is 0 Å². The third-order valence-corrected chi connectivity index (χ3v) is 2.43.